The molecule has 1 N–H and O–H groups in total. The molecule has 0 atom stereocenters. The van der Waals surface area contributed by atoms with Crippen LogP contribution < -0.4 is 4.74 Å². The van der Waals surface area contributed by atoms with Gasteiger partial charge in [0, 0.05) is 17.1 Å². The van der Waals surface area contributed by atoms with Crippen LogP contribution in [0.4, 0.5) is 0 Å². The molecule has 4 rings (SSSR count). The average molecular weight is 358 g/mol. The van der Waals surface area contributed by atoms with Crippen LogP contribution in [0.25, 0.3) is 22.2 Å². The van der Waals surface area contributed by atoms with Gasteiger partial charge in [-0.2, -0.15) is 0 Å². The Labute approximate surface area is 156 Å². The van der Waals surface area contributed by atoms with Crippen LogP contribution in [0.5, 0.6) is 5.75 Å². The maximum absolute atomic E-state index is 8.36. The van der Waals surface area contributed by atoms with Gasteiger partial charge in [-0.1, -0.05) is 48.5 Å². The van der Waals surface area contributed by atoms with Crippen LogP contribution in [0.2, 0.25) is 0 Å². The SMILES string of the molecule is O=CO.c1ccc(COc2ccc(-c3cnc4ccccc4c3)nc2)cc1. The monoisotopic (exact) mass is 358 g/mol. The van der Waals surface area contributed by atoms with E-state index in [0.29, 0.717) is 6.61 Å². The van der Waals surface area contributed by atoms with Crippen molar-refractivity contribution in [3.05, 3.63) is 90.8 Å². The molecule has 0 aliphatic rings. The van der Waals surface area contributed by atoms with Gasteiger partial charge in [-0.15, -0.1) is 0 Å². The van der Waals surface area contributed by atoms with Gasteiger partial charge in [0.25, 0.3) is 6.47 Å². The minimum atomic E-state index is -0.250. The molecular formula is C22H18N2O3. The van der Waals surface area contributed by atoms with Crippen molar-refractivity contribution in [1.82, 2.24) is 9.97 Å². The molecular weight excluding hydrogens is 340 g/mol. The van der Waals surface area contributed by atoms with Gasteiger partial charge in [-0.25, -0.2) is 0 Å². The highest BCUT2D eigenvalue weighted by Gasteiger charge is 2.03. The number of hydrogen-bond acceptors (Lipinski definition) is 4. The first kappa shape index (κ1) is 18.1. The number of para-hydroxylation sites is 1. The lowest BCUT2D eigenvalue weighted by Gasteiger charge is -2.07. The van der Waals surface area contributed by atoms with E-state index in [1.54, 1.807) is 6.20 Å². The summed E-state index contributed by atoms with van der Waals surface area (Å²) >= 11 is 0. The number of carboxylic acid groups (broad SMARTS) is 1. The van der Waals surface area contributed by atoms with E-state index in [9.17, 15) is 0 Å². The Morgan fingerprint density at radius 3 is 2.37 bits per heavy atom. The average Bonchev–Trinajstić information content (AvgIpc) is 2.74. The third kappa shape index (κ3) is 4.89. The second kappa shape index (κ2) is 9.10. The van der Waals surface area contributed by atoms with E-state index < -0.39 is 0 Å². The lowest BCUT2D eigenvalue weighted by Crippen LogP contribution is -1.95. The Bertz CT molecular complexity index is 1000. The number of fused-ring (bicyclic) bond motifs is 1. The molecule has 0 radical (unpaired) electrons. The minimum absolute atomic E-state index is 0.250. The third-order valence-electron chi connectivity index (χ3n) is 3.87. The fourth-order valence-electron chi connectivity index (χ4n) is 2.59. The summed E-state index contributed by atoms with van der Waals surface area (Å²) in [7, 11) is 0. The van der Waals surface area contributed by atoms with Gasteiger partial charge in [0.1, 0.15) is 12.4 Å². The van der Waals surface area contributed by atoms with Gasteiger partial charge in [0.05, 0.1) is 17.4 Å². The number of hydrogen-bond donors (Lipinski definition) is 1. The summed E-state index contributed by atoms with van der Waals surface area (Å²) < 4.78 is 5.78. The summed E-state index contributed by atoms with van der Waals surface area (Å²) in [5.74, 6) is 0.761. The van der Waals surface area contributed by atoms with Crippen molar-refractivity contribution in [2.24, 2.45) is 0 Å². The van der Waals surface area contributed by atoms with Gasteiger partial charge in [-0.3, -0.25) is 14.8 Å². The Morgan fingerprint density at radius 2 is 1.63 bits per heavy atom. The van der Waals surface area contributed by atoms with Crippen LogP contribution in [0.1, 0.15) is 5.56 Å². The van der Waals surface area contributed by atoms with Crippen LogP contribution in [-0.4, -0.2) is 21.5 Å². The molecule has 2 heterocycles. The largest absolute Gasteiger partial charge is 0.487 e. The van der Waals surface area contributed by atoms with Crippen LogP contribution in [0, 0.1) is 0 Å². The van der Waals surface area contributed by atoms with E-state index in [1.165, 1.54) is 0 Å². The van der Waals surface area contributed by atoms with E-state index in [4.69, 9.17) is 14.6 Å². The molecule has 0 saturated heterocycles. The van der Waals surface area contributed by atoms with Crippen LogP contribution in [-0.2, 0) is 11.4 Å². The first-order valence-corrected chi connectivity index (χ1v) is 8.36. The molecule has 0 aliphatic carbocycles. The number of benzene rings is 2. The van der Waals surface area contributed by atoms with Gasteiger partial charge in [0.15, 0.2) is 0 Å². The second-order valence-electron chi connectivity index (χ2n) is 5.68. The van der Waals surface area contributed by atoms with Crippen molar-refractivity contribution < 1.29 is 14.6 Å². The number of carbonyl (C=O) groups is 1. The fraction of sp³-hybridized carbons (Fsp3) is 0.0455. The predicted octanol–water partition coefficient (Wildman–Crippen LogP) is 4.58. The highest BCUT2D eigenvalue weighted by Crippen LogP contribution is 2.22. The quantitative estimate of drug-likeness (QED) is 0.541. The highest BCUT2D eigenvalue weighted by molar-refractivity contribution is 5.82. The Balaban J connectivity index is 0.000000659. The number of nitrogens with zero attached hydrogens (tertiary/aromatic N) is 2. The number of aromatic nitrogens is 2. The molecule has 0 fully saturated rings. The summed E-state index contributed by atoms with van der Waals surface area (Å²) in [5, 5.41) is 8.00. The molecule has 5 nitrogen and oxygen atoms in total. The summed E-state index contributed by atoms with van der Waals surface area (Å²) in [6, 6.07) is 24.2. The number of pyridine rings is 2. The molecule has 0 bridgehead atoms. The molecule has 0 unspecified atom stereocenters. The number of rotatable bonds is 4. The molecule has 4 aromatic rings. The first-order valence-electron chi connectivity index (χ1n) is 8.36. The summed E-state index contributed by atoms with van der Waals surface area (Å²) in [5.41, 5.74) is 4.02. The maximum Gasteiger partial charge on any atom is 0.290 e. The molecule has 0 saturated carbocycles. The lowest BCUT2D eigenvalue weighted by atomic mass is 10.1. The van der Waals surface area contributed by atoms with Crippen LogP contribution in [0.3, 0.4) is 0 Å². The van der Waals surface area contributed by atoms with E-state index in [-0.39, 0.29) is 6.47 Å². The standard InChI is InChI=1S/C21H16N2O.CH2O2/c1-2-6-16(7-3-1)15-24-19-10-11-21(23-14-19)18-12-17-8-4-5-9-20(17)22-13-18;2-1-3/h1-14H,15H2;1H,(H,2,3). The normalized spacial score (nSPS) is 9.93. The van der Waals surface area contributed by atoms with Gasteiger partial charge in [-0.05, 0) is 29.8 Å². The summed E-state index contributed by atoms with van der Waals surface area (Å²) in [6.07, 6.45) is 3.61. The molecule has 134 valence electrons. The zero-order valence-corrected chi connectivity index (χ0v) is 14.5. The van der Waals surface area contributed by atoms with E-state index in [1.807, 2.05) is 66.9 Å². The third-order valence-corrected chi connectivity index (χ3v) is 3.87. The molecule has 5 heteroatoms. The second-order valence-corrected chi connectivity index (χ2v) is 5.68. The molecule has 2 aromatic carbocycles. The van der Waals surface area contributed by atoms with Crippen molar-refractivity contribution in [2.45, 2.75) is 6.61 Å². The summed E-state index contributed by atoms with van der Waals surface area (Å²) in [4.78, 5) is 17.3. The van der Waals surface area contributed by atoms with Crippen molar-refractivity contribution in [1.29, 1.82) is 0 Å². The van der Waals surface area contributed by atoms with Crippen LogP contribution >= 0.6 is 0 Å². The first-order chi connectivity index (χ1) is 13.3. The van der Waals surface area contributed by atoms with Crippen molar-refractivity contribution in [2.75, 3.05) is 0 Å². The molecule has 0 aliphatic heterocycles. The highest BCUT2D eigenvalue weighted by atomic mass is 16.5. The molecule has 2 aromatic heterocycles. The fourth-order valence-corrected chi connectivity index (χ4v) is 2.59. The van der Waals surface area contributed by atoms with Crippen molar-refractivity contribution in [3.8, 4) is 17.0 Å². The van der Waals surface area contributed by atoms with Crippen LogP contribution in [0.15, 0.2) is 85.2 Å². The topological polar surface area (TPSA) is 72.3 Å². The van der Waals surface area contributed by atoms with Crippen molar-refractivity contribution in [3.63, 3.8) is 0 Å². The Hall–Kier alpha value is -3.73. The number of ether oxygens (including phenoxy) is 1. The van der Waals surface area contributed by atoms with E-state index in [2.05, 4.69) is 22.1 Å². The maximum atomic E-state index is 8.36. The zero-order chi connectivity index (χ0) is 18.9. The van der Waals surface area contributed by atoms with Gasteiger partial charge >= 0.3 is 0 Å². The Morgan fingerprint density at radius 1 is 0.889 bits per heavy atom. The zero-order valence-electron chi connectivity index (χ0n) is 14.5. The smallest absolute Gasteiger partial charge is 0.290 e. The lowest BCUT2D eigenvalue weighted by molar-refractivity contribution is -0.122. The van der Waals surface area contributed by atoms with Gasteiger partial charge in [0.2, 0.25) is 0 Å². The van der Waals surface area contributed by atoms with E-state index in [0.717, 1.165) is 33.5 Å². The summed E-state index contributed by atoms with van der Waals surface area (Å²) in [6.45, 7) is 0.291. The molecule has 0 spiro atoms. The van der Waals surface area contributed by atoms with Crippen molar-refractivity contribution >= 4 is 17.4 Å². The predicted molar refractivity (Wildman–Crippen MR) is 104 cm³/mol. The van der Waals surface area contributed by atoms with E-state index >= 15 is 0 Å². The molecule has 27 heavy (non-hydrogen) atoms. The van der Waals surface area contributed by atoms with Gasteiger partial charge < -0.3 is 9.84 Å². The Kier molecular flexibility index (Phi) is 6.09. The molecule has 0 amide bonds. The minimum Gasteiger partial charge on any atom is -0.487 e.